The van der Waals surface area contributed by atoms with E-state index >= 15 is 0 Å². The summed E-state index contributed by atoms with van der Waals surface area (Å²) in [4.78, 5) is 4.74. The van der Waals surface area contributed by atoms with Crippen molar-refractivity contribution in [2.45, 2.75) is 32.1 Å². The van der Waals surface area contributed by atoms with Crippen LogP contribution in [0, 0.1) is 6.92 Å². The average Bonchev–Trinajstić information content (AvgIpc) is 2.43. The fraction of sp³-hybridized carbons (Fsp3) is 0.462. The molecule has 0 radical (unpaired) electrons. The van der Waals surface area contributed by atoms with E-state index in [4.69, 9.17) is 4.98 Å². The standard InChI is InChI=1S/C13H16N2/c1-9-6-7-11-12(8-9)15(2)13(14-11)10-4-3-5-10/h6-8,10H,3-5H2,1-2H3. The normalized spacial score (nSPS) is 16.9. The molecule has 1 aromatic heterocycles. The van der Waals surface area contributed by atoms with Crippen molar-refractivity contribution in [3.8, 4) is 0 Å². The number of aryl methyl sites for hydroxylation is 2. The summed E-state index contributed by atoms with van der Waals surface area (Å²) >= 11 is 0. The number of benzene rings is 1. The smallest absolute Gasteiger partial charge is 0.112 e. The summed E-state index contributed by atoms with van der Waals surface area (Å²) < 4.78 is 2.27. The van der Waals surface area contributed by atoms with Gasteiger partial charge in [0, 0.05) is 13.0 Å². The third-order valence-corrected chi connectivity index (χ3v) is 3.54. The zero-order valence-electron chi connectivity index (χ0n) is 9.33. The van der Waals surface area contributed by atoms with Crippen LogP contribution in [0.5, 0.6) is 0 Å². The third kappa shape index (κ3) is 1.28. The van der Waals surface area contributed by atoms with Gasteiger partial charge in [0.25, 0.3) is 0 Å². The molecule has 15 heavy (non-hydrogen) atoms. The van der Waals surface area contributed by atoms with E-state index in [2.05, 4.69) is 36.7 Å². The predicted octanol–water partition coefficient (Wildman–Crippen LogP) is 3.15. The molecule has 78 valence electrons. The number of aromatic nitrogens is 2. The van der Waals surface area contributed by atoms with Crippen LogP contribution >= 0.6 is 0 Å². The van der Waals surface area contributed by atoms with Gasteiger partial charge in [0.05, 0.1) is 11.0 Å². The molecule has 0 atom stereocenters. The second-order valence-electron chi connectivity index (χ2n) is 4.65. The van der Waals surface area contributed by atoms with E-state index < -0.39 is 0 Å². The summed E-state index contributed by atoms with van der Waals surface area (Å²) in [5, 5.41) is 0. The Bertz CT molecular complexity index is 506. The third-order valence-electron chi connectivity index (χ3n) is 3.54. The molecule has 0 spiro atoms. The lowest BCUT2D eigenvalue weighted by Gasteiger charge is -2.24. The molecule has 0 unspecified atom stereocenters. The van der Waals surface area contributed by atoms with Gasteiger partial charge in [-0.1, -0.05) is 12.5 Å². The number of fused-ring (bicyclic) bond motifs is 1. The molecule has 2 nitrogen and oxygen atoms in total. The van der Waals surface area contributed by atoms with E-state index in [1.54, 1.807) is 0 Å². The van der Waals surface area contributed by atoms with Crippen molar-refractivity contribution in [1.29, 1.82) is 0 Å². The highest BCUT2D eigenvalue weighted by molar-refractivity contribution is 5.76. The van der Waals surface area contributed by atoms with Gasteiger partial charge in [0.2, 0.25) is 0 Å². The Kier molecular flexibility index (Phi) is 1.84. The lowest BCUT2D eigenvalue weighted by atomic mass is 9.85. The van der Waals surface area contributed by atoms with Crippen molar-refractivity contribution in [3.63, 3.8) is 0 Å². The summed E-state index contributed by atoms with van der Waals surface area (Å²) in [5.41, 5.74) is 3.73. The van der Waals surface area contributed by atoms with Crippen LogP contribution in [0.3, 0.4) is 0 Å². The SMILES string of the molecule is Cc1ccc2nc(C3CCC3)n(C)c2c1. The Labute approximate surface area is 89.9 Å². The topological polar surface area (TPSA) is 17.8 Å². The number of imidazole rings is 1. The second-order valence-corrected chi connectivity index (χ2v) is 4.65. The van der Waals surface area contributed by atoms with E-state index in [-0.39, 0.29) is 0 Å². The van der Waals surface area contributed by atoms with Crippen molar-refractivity contribution in [2.75, 3.05) is 0 Å². The number of rotatable bonds is 1. The van der Waals surface area contributed by atoms with E-state index in [1.165, 1.54) is 36.2 Å². The first-order valence-electron chi connectivity index (χ1n) is 5.68. The van der Waals surface area contributed by atoms with Gasteiger partial charge in [-0.05, 0) is 37.5 Å². The van der Waals surface area contributed by atoms with E-state index in [0.717, 1.165) is 5.52 Å². The van der Waals surface area contributed by atoms with Crippen LogP contribution in [0.25, 0.3) is 11.0 Å². The molecule has 0 bridgehead atoms. The quantitative estimate of drug-likeness (QED) is 0.691. The van der Waals surface area contributed by atoms with Gasteiger partial charge in [-0.2, -0.15) is 0 Å². The largest absolute Gasteiger partial charge is 0.331 e. The van der Waals surface area contributed by atoms with Crippen LogP contribution < -0.4 is 0 Å². The van der Waals surface area contributed by atoms with Crippen LogP contribution in [0.15, 0.2) is 18.2 Å². The lowest BCUT2D eigenvalue weighted by molar-refractivity contribution is 0.395. The number of hydrogen-bond acceptors (Lipinski definition) is 1. The Morgan fingerprint density at radius 2 is 2.13 bits per heavy atom. The minimum atomic E-state index is 0.711. The second kappa shape index (κ2) is 3.09. The van der Waals surface area contributed by atoms with Crippen molar-refractivity contribution in [3.05, 3.63) is 29.6 Å². The molecule has 2 aromatic rings. The molecule has 0 aliphatic heterocycles. The van der Waals surface area contributed by atoms with Gasteiger partial charge in [0.15, 0.2) is 0 Å². The maximum atomic E-state index is 4.74. The Morgan fingerprint density at radius 3 is 2.80 bits per heavy atom. The minimum absolute atomic E-state index is 0.711. The van der Waals surface area contributed by atoms with E-state index in [0.29, 0.717) is 5.92 Å². The molecule has 1 aliphatic carbocycles. The van der Waals surface area contributed by atoms with Gasteiger partial charge in [-0.15, -0.1) is 0 Å². The molecular formula is C13H16N2. The number of hydrogen-bond donors (Lipinski definition) is 0. The van der Waals surface area contributed by atoms with Gasteiger partial charge < -0.3 is 4.57 Å². The highest BCUT2D eigenvalue weighted by Gasteiger charge is 2.24. The molecule has 0 saturated heterocycles. The van der Waals surface area contributed by atoms with E-state index in [1.807, 2.05) is 0 Å². The summed E-state index contributed by atoms with van der Waals surface area (Å²) in [6.07, 6.45) is 4.00. The monoisotopic (exact) mass is 200 g/mol. The van der Waals surface area contributed by atoms with Crippen molar-refractivity contribution in [1.82, 2.24) is 9.55 Å². The molecule has 2 heteroatoms. The molecular weight excluding hydrogens is 184 g/mol. The first-order chi connectivity index (χ1) is 7.25. The van der Waals surface area contributed by atoms with Gasteiger partial charge in [0.1, 0.15) is 5.82 Å². The average molecular weight is 200 g/mol. The van der Waals surface area contributed by atoms with Crippen molar-refractivity contribution < 1.29 is 0 Å². The minimum Gasteiger partial charge on any atom is -0.331 e. The van der Waals surface area contributed by atoms with Crippen LogP contribution in [-0.2, 0) is 7.05 Å². The van der Waals surface area contributed by atoms with Gasteiger partial charge >= 0.3 is 0 Å². The Hall–Kier alpha value is -1.31. The Morgan fingerprint density at radius 1 is 1.33 bits per heavy atom. The lowest BCUT2D eigenvalue weighted by Crippen LogP contribution is -2.13. The molecule has 3 rings (SSSR count). The molecule has 1 fully saturated rings. The summed E-state index contributed by atoms with van der Waals surface area (Å²) in [6, 6.07) is 6.50. The zero-order valence-corrected chi connectivity index (χ0v) is 9.33. The maximum absolute atomic E-state index is 4.74. The van der Waals surface area contributed by atoms with Gasteiger partial charge in [-0.25, -0.2) is 4.98 Å². The first-order valence-corrected chi connectivity index (χ1v) is 5.68. The van der Waals surface area contributed by atoms with Crippen LogP contribution in [-0.4, -0.2) is 9.55 Å². The molecule has 1 saturated carbocycles. The van der Waals surface area contributed by atoms with Crippen LogP contribution in [0.1, 0.15) is 36.6 Å². The zero-order chi connectivity index (χ0) is 10.4. The fourth-order valence-corrected chi connectivity index (χ4v) is 2.35. The molecule has 1 aliphatic rings. The molecule has 0 amide bonds. The summed E-state index contributed by atoms with van der Waals surface area (Å²) in [6.45, 7) is 2.13. The Balaban J connectivity index is 2.19. The van der Waals surface area contributed by atoms with E-state index in [9.17, 15) is 0 Å². The number of nitrogens with zero attached hydrogens (tertiary/aromatic N) is 2. The first kappa shape index (κ1) is 8.96. The predicted molar refractivity (Wildman–Crippen MR) is 62.0 cm³/mol. The van der Waals surface area contributed by atoms with Crippen molar-refractivity contribution in [2.24, 2.45) is 7.05 Å². The summed E-state index contributed by atoms with van der Waals surface area (Å²) in [5.74, 6) is 1.99. The highest BCUT2D eigenvalue weighted by Crippen LogP contribution is 2.36. The molecule has 1 aromatic carbocycles. The van der Waals surface area contributed by atoms with Crippen LogP contribution in [0.2, 0.25) is 0 Å². The maximum Gasteiger partial charge on any atom is 0.112 e. The fourth-order valence-electron chi connectivity index (χ4n) is 2.35. The highest BCUT2D eigenvalue weighted by atomic mass is 15.1. The van der Waals surface area contributed by atoms with Gasteiger partial charge in [-0.3, -0.25) is 0 Å². The van der Waals surface area contributed by atoms with Crippen LogP contribution in [0.4, 0.5) is 0 Å². The van der Waals surface area contributed by atoms with Crippen molar-refractivity contribution >= 4 is 11.0 Å². The molecule has 0 N–H and O–H groups in total. The summed E-state index contributed by atoms with van der Waals surface area (Å²) in [7, 11) is 2.14. The molecule has 1 heterocycles.